The Bertz CT molecular complexity index is 1220. The fraction of sp³-hybridized carbons (Fsp3) is 0.190. The zero-order valence-corrected chi connectivity index (χ0v) is 16.6. The topological polar surface area (TPSA) is 138 Å². The van der Waals surface area contributed by atoms with Gasteiger partial charge in [-0.05, 0) is 23.8 Å². The number of hydrogen-bond acceptors (Lipinski definition) is 8. The van der Waals surface area contributed by atoms with E-state index in [0.29, 0.717) is 16.7 Å². The Morgan fingerprint density at radius 2 is 1.94 bits per heavy atom. The van der Waals surface area contributed by atoms with E-state index in [-0.39, 0.29) is 23.3 Å². The second kappa shape index (κ2) is 9.08. The molecule has 1 N–H and O–H groups in total. The molecular weight excluding hydrogens is 408 g/mol. The molecule has 3 aromatic rings. The second-order valence-electron chi connectivity index (χ2n) is 6.51. The van der Waals surface area contributed by atoms with Crippen molar-refractivity contribution in [3.05, 3.63) is 80.2 Å². The Morgan fingerprint density at radius 3 is 2.61 bits per heavy atom. The first-order valence-corrected chi connectivity index (χ1v) is 9.06. The summed E-state index contributed by atoms with van der Waals surface area (Å²) in [5.41, 5.74) is -0.184. The summed E-state index contributed by atoms with van der Waals surface area (Å²) < 4.78 is 15.1. The van der Waals surface area contributed by atoms with Crippen LogP contribution in [0.15, 0.2) is 57.7 Å². The predicted octanol–water partition coefficient (Wildman–Crippen LogP) is 2.22. The number of nitrogens with one attached hydrogen (secondary N) is 1. The molecule has 0 aliphatic carbocycles. The van der Waals surface area contributed by atoms with E-state index in [9.17, 15) is 24.5 Å². The molecule has 0 fully saturated rings. The fourth-order valence-corrected chi connectivity index (χ4v) is 3.06. The van der Waals surface area contributed by atoms with Crippen molar-refractivity contribution in [3.8, 4) is 5.75 Å². The van der Waals surface area contributed by atoms with Crippen molar-refractivity contribution in [3.63, 3.8) is 0 Å². The van der Waals surface area contributed by atoms with Crippen molar-refractivity contribution in [2.24, 2.45) is 0 Å². The van der Waals surface area contributed by atoms with Crippen LogP contribution >= 0.6 is 0 Å². The Balaban J connectivity index is 1.93. The zero-order valence-electron chi connectivity index (χ0n) is 16.6. The van der Waals surface area contributed by atoms with Crippen LogP contribution in [0.5, 0.6) is 5.75 Å². The van der Waals surface area contributed by atoms with Gasteiger partial charge in [0.2, 0.25) is 0 Å². The van der Waals surface area contributed by atoms with Crippen LogP contribution < -0.4 is 15.7 Å². The molecule has 0 aliphatic heterocycles. The third-order valence-corrected chi connectivity index (χ3v) is 4.57. The number of fused-ring (bicyclic) bond motifs is 1. The lowest BCUT2D eigenvalue weighted by atomic mass is 10.0. The van der Waals surface area contributed by atoms with Gasteiger partial charge < -0.3 is 19.2 Å². The average molecular weight is 426 g/mol. The van der Waals surface area contributed by atoms with Crippen LogP contribution in [0.4, 0.5) is 5.69 Å². The maximum Gasteiger partial charge on any atom is 0.336 e. The number of esters is 1. The molecule has 10 heteroatoms. The van der Waals surface area contributed by atoms with Gasteiger partial charge in [0.1, 0.15) is 17.4 Å². The maximum atomic E-state index is 12.6. The number of rotatable bonds is 7. The highest BCUT2D eigenvalue weighted by Gasteiger charge is 2.25. The van der Waals surface area contributed by atoms with E-state index in [0.717, 1.165) is 13.2 Å². The summed E-state index contributed by atoms with van der Waals surface area (Å²) in [5.74, 6) is -0.960. The van der Waals surface area contributed by atoms with E-state index in [4.69, 9.17) is 13.9 Å². The maximum absolute atomic E-state index is 12.6. The molecule has 3 rings (SSSR count). The van der Waals surface area contributed by atoms with Gasteiger partial charge >= 0.3 is 11.6 Å². The summed E-state index contributed by atoms with van der Waals surface area (Å²) in [5, 5.41) is 14.0. The molecule has 31 heavy (non-hydrogen) atoms. The SMILES string of the molecule is COC(=O)[C@@H](Cc1cc(=O)oc2cc(OC)ccc12)NC(=O)c1cccc([N+](=O)[O-])c1. The van der Waals surface area contributed by atoms with Gasteiger partial charge in [0.15, 0.2) is 0 Å². The number of methoxy groups -OCH3 is 2. The number of carbonyl (C=O) groups excluding carboxylic acids is 2. The van der Waals surface area contributed by atoms with Crippen molar-refractivity contribution in [2.75, 3.05) is 14.2 Å². The molecule has 0 unspecified atom stereocenters. The first-order valence-electron chi connectivity index (χ1n) is 9.06. The highest BCUT2D eigenvalue weighted by atomic mass is 16.6. The minimum Gasteiger partial charge on any atom is -0.497 e. The standard InChI is InChI=1S/C21H18N2O8/c1-29-15-6-7-16-13(10-19(24)31-18(16)11-15)9-17(21(26)30-2)22-20(25)12-4-3-5-14(8-12)23(27)28/h3-8,10-11,17H,9H2,1-2H3,(H,22,25)/t17-/m1/s1. The van der Waals surface area contributed by atoms with Crippen molar-refractivity contribution in [1.29, 1.82) is 0 Å². The number of nitro benzene ring substituents is 1. The fourth-order valence-electron chi connectivity index (χ4n) is 3.06. The normalized spacial score (nSPS) is 11.5. The lowest BCUT2D eigenvalue weighted by Crippen LogP contribution is -2.43. The molecule has 160 valence electrons. The Kier molecular flexibility index (Phi) is 6.29. The van der Waals surface area contributed by atoms with Gasteiger partial charge in [-0.1, -0.05) is 6.07 Å². The van der Waals surface area contributed by atoms with E-state index < -0.39 is 28.5 Å². The number of benzene rings is 2. The smallest absolute Gasteiger partial charge is 0.336 e. The van der Waals surface area contributed by atoms with Gasteiger partial charge in [0.25, 0.3) is 11.6 Å². The molecule has 1 heterocycles. The van der Waals surface area contributed by atoms with Crippen LogP contribution in [0.25, 0.3) is 11.0 Å². The Labute approximate surface area is 175 Å². The second-order valence-corrected chi connectivity index (χ2v) is 6.51. The lowest BCUT2D eigenvalue weighted by molar-refractivity contribution is -0.384. The molecule has 0 spiro atoms. The van der Waals surface area contributed by atoms with Gasteiger partial charge in [-0.2, -0.15) is 0 Å². The quantitative estimate of drug-likeness (QED) is 0.263. The molecule has 1 aromatic heterocycles. The number of amides is 1. The number of nitrogens with zero attached hydrogens (tertiary/aromatic N) is 1. The molecular formula is C21H18N2O8. The lowest BCUT2D eigenvalue weighted by Gasteiger charge is -2.17. The van der Waals surface area contributed by atoms with Crippen LogP contribution in [0, 0.1) is 10.1 Å². The molecule has 0 saturated heterocycles. The van der Waals surface area contributed by atoms with E-state index in [1.165, 1.54) is 37.4 Å². The summed E-state index contributed by atoms with van der Waals surface area (Å²) in [7, 11) is 2.64. The number of ether oxygens (including phenoxy) is 2. The minimum absolute atomic E-state index is 0.00488. The molecule has 0 bridgehead atoms. The van der Waals surface area contributed by atoms with E-state index in [2.05, 4.69) is 5.32 Å². The van der Waals surface area contributed by atoms with Gasteiger partial charge in [-0.15, -0.1) is 0 Å². The highest BCUT2D eigenvalue weighted by Crippen LogP contribution is 2.23. The third kappa shape index (κ3) is 4.86. The number of nitro groups is 1. The van der Waals surface area contributed by atoms with Gasteiger partial charge in [-0.3, -0.25) is 14.9 Å². The van der Waals surface area contributed by atoms with Crippen molar-refractivity contribution in [2.45, 2.75) is 12.5 Å². The van der Waals surface area contributed by atoms with Crippen LogP contribution in [0.2, 0.25) is 0 Å². The van der Waals surface area contributed by atoms with Crippen molar-refractivity contribution in [1.82, 2.24) is 5.32 Å². The summed E-state index contributed by atoms with van der Waals surface area (Å²) in [6.45, 7) is 0. The van der Waals surface area contributed by atoms with Crippen LogP contribution in [-0.2, 0) is 16.0 Å². The summed E-state index contributed by atoms with van der Waals surface area (Å²) in [4.78, 5) is 47.2. The Hall–Kier alpha value is -4.21. The van der Waals surface area contributed by atoms with Crippen LogP contribution in [0.3, 0.4) is 0 Å². The van der Waals surface area contributed by atoms with Gasteiger partial charge in [0.05, 0.1) is 19.1 Å². The van der Waals surface area contributed by atoms with E-state index >= 15 is 0 Å². The summed E-state index contributed by atoms with van der Waals surface area (Å²) in [6, 6.07) is 10.0. The van der Waals surface area contributed by atoms with Crippen molar-refractivity contribution >= 4 is 28.5 Å². The number of carbonyl (C=O) groups is 2. The predicted molar refractivity (Wildman–Crippen MR) is 109 cm³/mol. The molecule has 2 aromatic carbocycles. The molecule has 1 atom stereocenters. The minimum atomic E-state index is -1.15. The van der Waals surface area contributed by atoms with E-state index in [1.54, 1.807) is 12.1 Å². The largest absolute Gasteiger partial charge is 0.497 e. The molecule has 10 nitrogen and oxygen atoms in total. The van der Waals surface area contributed by atoms with Crippen LogP contribution in [-0.4, -0.2) is 37.1 Å². The first-order chi connectivity index (χ1) is 14.8. The average Bonchev–Trinajstić information content (AvgIpc) is 2.77. The Morgan fingerprint density at radius 1 is 1.16 bits per heavy atom. The van der Waals surface area contributed by atoms with E-state index in [1.807, 2.05) is 0 Å². The molecule has 0 radical (unpaired) electrons. The molecule has 1 amide bonds. The monoisotopic (exact) mass is 426 g/mol. The number of non-ortho nitro benzene ring substituents is 1. The highest BCUT2D eigenvalue weighted by molar-refractivity contribution is 5.97. The summed E-state index contributed by atoms with van der Waals surface area (Å²) in [6.07, 6.45) is -0.0677. The first kappa shape index (κ1) is 21.5. The van der Waals surface area contributed by atoms with Gasteiger partial charge in [0, 0.05) is 41.6 Å². The third-order valence-electron chi connectivity index (χ3n) is 4.57. The number of hydrogen-bond donors (Lipinski definition) is 1. The van der Waals surface area contributed by atoms with Crippen molar-refractivity contribution < 1.29 is 28.4 Å². The molecule has 0 aliphatic rings. The molecule has 0 saturated carbocycles. The zero-order chi connectivity index (χ0) is 22.5. The van der Waals surface area contributed by atoms with Gasteiger partial charge in [-0.25, -0.2) is 9.59 Å². The summed E-state index contributed by atoms with van der Waals surface area (Å²) >= 11 is 0. The van der Waals surface area contributed by atoms with Crippen LogP contribution in [0.1, 0.15) is 15.9 Å².